The third-order valence-electron chi connectivity index (χ3n) is 1.94. The Bertz CT molecular complexity index is 314. The molecule has 0 aliphatic rings. The van der Waals surface area contributed by atoms with Crippen molar-refractivity contribution in [3.05, 3.63) is 29.8 Å². The van der Waals surface area contributed by atoms with Gasteiger partial charge in [-0.25, -0.2) is 8.78 Å². The molecule has 1 aromatic carbocycles. The van der Waals surface area contributed by atoms with Gasteiger partial charge in [0.2, 0.25) is 0 Å². The van der Waals surface area contributed by atoms with Crippen LogP contribution >= 0.6 is 0 Å². The fraction of sp³-hybridized carbons (Fsp3) is 0.455. The van der Waals surface area contributed by atoms with E-state index in [4.69, 9.17) is 15.2 Å². The van der Waals surface area contributed by atoms with Crippen LogP contribution in [0.5, 0.6) is 5.75 Å². The van der Waals surface area contributed by atoms with Gasteiger partial charge in [0, 0.05) is 31.4 Å². The molecule has 0 saturated carbocycles. The Balaban J connectivity index is 2.52. The van der Waals surface area contributed by atoms with Crippen molar-refractivity contribution in [2.75, 3.05) is 19.8 Å². The molecule has 90 valence electrons. The number of halogens is 2. The summed E-state index contributed by atoms with van der Waals surface area (Å²) in [5.74, 6) is -1.21. The standard InChI is InChI=1S/C11H15F2NO2/c1-2-15-11(6-14)7-16-10-4-8(12)3-9(13)5-10/h3-5,11H,2,6-7,14H2,1H3. The highest BCUT2D eigenvalue weighted by Gasteiger charge is 2.08. The van der Waals surface area contributed by atoms with Gasteiger partial charge in [-0.05, 0) is 6.92 Å². The summed E-state index contributed by atoms with van der Waals surface area (Å²) in [6, 6.07) is 3.01. The Morgan fingerprint density at radius 3 is 2.38 bits per heavy atom. The van der Waals surface area contributed by atoms with Crippen LogP contribution in [-0.4, -0.2) is 25.9 Å². The second kappa shape index (κ2) is 6.40. The molecule has 1 unspecified atom stereocenters. The molecule has 0 aliphatic heterocycles. The van der Waals surface area contributed by atoms with Gasteiger partial charge >= 0.3 is 0 Å². The van der Waals surface area contributed by atoms with E-state index in [1.54, 1.807) is 0 Å². The van der Waals surface area contributed by atoms with Crippen LogP contribution in [0.25, 0.3) is 0 Å². The van der Waals surface area contributed by atoms with E-state index in [0.29, 0.717) is 13.2 Å². The van der Waals surface area contributed by atoms with E-state index in [1.807, 2.05) is 6.92 Å². The maximum atomic E-state index is 12.8. The first-order valence-electron chi connectivity index (χ1n) is 5.06. The topological polar surface area (TPSA) is 44.5 Å². The van der Waals surface area contributed by atoms with Gasteiger partial charge in [-0.15, -0.1) is 0 Å². The lowest BCUT2D eigenvalue weighted by atomic mass is 10.3. The van der Waals surface area contributed by atoms with E-state index >= 15 is 0 Å². The van der Waals surface area contributed by atoms with Crippen molar-refractivity contribution < 1.29 is 18.3 Å². The molecule has 16 heavy (non-hydrogen) atoms. The molecule has 0 bridgehead atoms. The maximum absolute atomic E-state index is 12.8. The van der Waals surface area contributed by atoms with Crippen LogP contribution in [-0.2, 0) is 4.74 Å². The van der Waals surface area contributed by atoms with Crippen LogP contribution in [0.1, 0.15) is 6.92 Å². The summed E-state index contributed by atoms with van der Waals surface area (Å²) in [6.45, 7) is 2.83. The van der Waals surface area contributed by atoms with Crippen molar-refractivity contribution in [2.24, 2.45) is 5.73 Å². The summed E-state index contributed by atoms with van der Waals surface area (Å²) in [4.78, 5) is 0. The first-order chi connectivity index (χ1) is 7.65. The third-order valence-corrected chi connectivity index (χ3v) is 1.94. The van der Waals surface area contributed by atoms with Crippen LogP contribution in [0.2, 0.25) is 0 Å². The average molecular weight is 231 g/mol. The Labute approximate surface area is 93.2 Å². The zero-order chi connectivity index (χ0) is 12.0. The molecule has 0 heterocycles. The lowest BCUT2D eigenvalue weighted by molar-refractivity contribution is 0.0335. The zero-order valence-corrected chi connectivity index (χ0v) is 9.08. The molecule has 2 N–H and O–H groups in total. The predicted molar refractivity (Wildman–Crippen MR) is 56.3 cm³/mol. The van der Waals surface area contributed by atoms with Crippen molar-refractivity contribution in [3.63, 3.8) is 0 Å². The first kappa shape index (κ1) is 12.9. The fourth-order valence-electron chi connectivity index (χ4n) is 1.22. The summed E-state index contributed by atoms with van der Waals surface area (Å²) in [5, 5.41) is 0. The van der Waals surface area contributed by atoms with Crippen molar-refractivity contribution >= 4 is 0 Å². The molecule has 5 heteroatoms. The van der Waals surface area contributed by atoms with Gasteiger partial charge in [0.15, 0.2) is 0 Å². The smallest absolute Gasteiger partial charge is 0.129 e. The lowest BCUT2D eigenvalue weighted by Crippen LogP contribution is -2.30. The number of hydrogen-bond acceptors (Lipinski definition) is 3. The van der Waals surface area contributed by atoms with Crippen LogP contribution in [0, 0.1) is 11.6 Å². The molecular weight excluding hydrogens is 216 g/mol. The number of rotatable bonds is 6. The zero-order valence-electron chi connectivity index (χ0n) is 9.08. The Kier molecular flexibility index (Phi) is 5.14. The van der Waals surface area contributed by atoms with Crippen LogP contribution in [0.15, 0.2) is 18.2 Å². The molecule has 0 spiro atoms. The number of nitrogens with two attached hydrogens (primary N) is 1. The van der Waals surface area contributed by atoms with Gasteiger partial charge in [0.05, 0.1) is 0 Å². The first-order valence-corrected chi connectivity index (χ1v) is 5.06. The van der Waals surface area contributed by atoms with Crippen LogP contribution < -0.4 is 10.5 Å². The van der Waals surface area contributed by atoms with E-state index in [2.05, 4.69) is 0 Å². The number of benzene rings is 1. The third kappa shape index (κ3) is 4.12. The van der Waals surface area contributed by atoms with Gasteiger partial charge < -0.3 is 15.2 Å². The van der Waals surface area contributed by atoms with Crippen LogP contribution in [0.3, 0.4) is 0 Å². The van der Waals surface area contributed by atoms with Crippen molar-refractivity contribution in [1.82, 2.24) is 0 Å². The van der Waals surface area contributed by atoms with Crippen molar-refractivity contribution in [3.8, 4) is 5.75 Å². The largest absolute Gasteiger partial charge is 0.491 e. The predicted octanol–water partition coefficient (Wildman–Crippen LogP) is 1.71. The molecule has 3 nitrogen and oxygen atoms in total. The summed E-state index contributed by atoms with van der Waals surface area (Å²) in [6.07, 6.45) is -0.267. The monoisotopic (exact) mass is 231 g/mol. The van der Waals surface area contributed by atoms with E-state index in [1.165, 1.54) is 0 Å². The van der Waals surface area contributed by atoms with Crippen molar-refractivity contribution in [1.29, 1.82) is 0 Å². The minimum absolute atomic E-state index is 0.135. The maximum Gasteiger partial charge on any atom is 0.129 e. The van der Waals surface area contributed by atoms with E-state index in [9.17, 15) is 8.78 Å². The summed E-state index contributed by atoms with van der Waals surface area (Å²) >= 11 is 0. The van der Waals surface area contributed by atoms with E-state index in [0.717, 1.165) is 18.2 Å². The van der Waals surface area contributed by atoms with Gasteiger partial charge in [-0.1, -0.05) is 0 Å². The molecule has 0 amide bonds. The van der Waals surface area contributed by atoms with E-state index in [-0.39, 0.29) is 18.5 Å². The van der Waals surface area contributed by atoms with Gasteiger partial charge in [0.1, 0.15) is 30.1 Å². The summed E-state index contributed by atoms with van der Waals surface area (Å²) in [7, 11) is 0. The molecule has 0 radical (unpaired) electrons. The molecule has 0 aliphatic carbocycles. The summed E-state index contributed by atoms with van der Waals surface area (Å²) < 4.78 is 36.0. The molecule has 1 atom stereocenters. The van der Waals surface area contributed by atoms with Gasteiger partial charge in [0.25, 0.3) is 0 Å². The molecule has 1 aromatic rings. The molecule has 1 rings (SSSR count). The second-order valence-electron chi connectivity index (χ2n) is 3.23. The Morgan fingerprint density at radius 1 is 1.25 bits per heavy atom. The summed E-state index contributed by atoms with van der Waals surface area (Å²) in [5.41, 5.74) is 5.43. The second-order valence-corrected chi connectivity index (χ2v) is 3.23. The average Bonchev–Trinajstić information content (AvgIpc) is 2.23. The highest BCUT2D eigenvalue weighted by Crippen LogP contribution is 2.15. The number of hydrogen-bond donors (Lipinski definition) is 1. The molecule has 0 aromatic heterocycles. The Hall–Kier alpha value is -1.20. The van der Waals surface area contributed by atoms with Gasteiger partial charge in [-0.3, -0.25) is 0 Å². The molecule has 0 fully saturated rings. The normalized spacial score (nSPS) is 12.5. The number of ether oxygens (including phenoxy) is 2. The van der Waals surface area contributed by atoms with Gasteiger partial charge in [-0.2, -0.15) is 0 Å². The van der Waals surface area contributed by atoms with E-state index < -0.39 is 11.6 Å². The highest BCUT2D eigenvalue weighted by atomic mass is 19.1. The minimum atomic E-state index is -0.671. The quantitative estimate of drug-likeness (QED) is 0.810. The van der Waals surface area contributed by atoms with Crippen molar-refractivity contribution in [2.45, 2.75) is 13.0 Å². The Morgan fingerprint density at radius 2 is 1.88 bits per heavy atom. The fourth-order valence-corrected chi connectivity index (χ4v) is 1.22. The SMILES string of the molecule is CCOC(CN)COc1cc(F)cc(F)c1. The highest BCUT2D eigenvalue weighted by molar-refractivity contribution is 5.23. The van der Waals surface area contributed by atoms with Crippen LogP contribution in [0.4, 0.5) is 8.78 Å². The molecule has 0 saturated heterocycles. The minimum Gasteiger partial charge on any atom is -0.491 e. The molecular formula is C11H15F2NO2. The lowest BCUT2D eigenvalue weighted by Gasteiger charge is -2.15.